The molecule has 1 saturated heterocycles. The van der Waals surface area contributed by atoms with E-state index in [0.717, 1.165) is 38.3 Å². The minimum atomic E-state index is -0.611. The predicted octanol–water partition coefficient (Wildman–Crippen LogP) is 2.96. The van der Waals surface area contributed by atoms with E-state index in [9.17, 15) is 14.9 Å². The number of para-hydroxylation sites is 1. The van der Waals surface area contributed by atoms with Gasteiger partial charge in [0.1, 0.15) is 0 Å². The normalized spacial score (nSPS) is 14.7. The number of hydrogen-bond donors (Lipinski definition) is 1. The van der Waals surface area contributed by atoms with E-state index in [1.165, 1.54) is 18.2 Å². The highest BCUT2D eigenvalue weighted by atomic mass is 35.5. The summed E-state index contributed by atoms with van der Waals surface area (Å²) in [6.45, 7) is 3.98. The van der Waals surface area contributed by atoms with Gasteiger partial charge in [0, 0.05) is 31.4 Å². The number of ether oxygens (including phenoxy) is 1. The molecule has 2 aromatic carbocycles. The van der Waals surface area contributed by atoms with Crippen molar-refractivity contribution in [1.82, 2.24) is 4.90 Å². The first-order valence-electron chi connectivity index (χ1n) is 8.74. The summed E-state index contributed by atoms with van der Waals surface area (Å²) in [5.41, 5.74) is 6.68. The summed E-state index contributed by atoms with van der Waals surface area (Å²) >= 11 is 0. The third kappa shape index (κ3) is 4.90. The van der Waals surface area contributed by atoms with Crippen LogP contribution in [0.5, 0.6) is 5.75 Å². The van der Waals surface area contributed by atoms with Crippen LogP contribution >= 0.6 is 12.4 Å². The molecule has 8 nitrogen and oxygen atoms in total. The van der Waals surface area contributed by atoms with Gasteiger partial charge in [-0.15, -0.1) is 12.4 Å². The zero-order valence-corrected chi connectivity index (χ0v) is 16.4. The number of benzene rings is 2. The number of nitrogens with two attached hydrogens (primary N) is 1. The minimum absolute atomic E-state index is 0. The molecule has 9 heteroatoms. The number of anilines is 2. The van der Waals surface area contributed by atoms with Crippen molar-refractivity contribution in [3.05, 3.63) is 58.1 Å². The monoisotopic (exact) mass is 406 g/mol. The Morgan fingerprint density at radius 1 is 1.11 bits per heavy atom. The second kappa shape index (κ2) is 9.38. The maximum atomic E-state index is 12.4. The zero-order valence-electron chi connectivity index (χ0n) is 15.5. The highest BCUT2D eigenvalue weighted by molar-refractivity contribution is 5.92. The zero-order chi connectivity index (χ0) is 19.4. The van der Waals surface area contributed by atoms with Crippen molar-refractivity contribution < 1.29 is 14.5 Å². The molecule has 3 rings (SSSR count). The molecule has 0 spiro atoms. The number of nitrogens with zero attached hydrogens (tertiary/aromatic N) is 3. The average molecular weight is 407 g/mol. The summed E-state index contributed by atoms with van der Waals surface area (Å²) in [5, 5.41) is 10.9. The van der Waals surface area contributed by atoms with Crippen LogP contribution in [-0.4, -0.2) is 49.0 Å². The summed E-state index contributed by atoms with van der Waals surface area (Å²) in [6.07, 6.45) is 1.09. The Morgan fingerprint density at radius 2 is 1.82 bits per heavy atom. The van der Waals surface area contributed by atoms with Crippen molar-refractivity contribution in [1.29, 1.82) is 0 Å². The molecule has 0 saturated carbocycles. The van der Waals surface area contributed by atoms with Gasteiger partial charge in [-0.05, 0) is 50.3 Å². The van der Waals surface area contributed by atoms with Crippen LogP contribution in [0.2, 0.25) is 0 Å². The van der Waals surface area contributed by atoms with Gasteiger partial charge in [0.15, 0.2) is 11.4 Å². The molecule has 28 heavy (non-hydrogen) atoms. The molecule has 2 aromatic rings. The van der Waals surface area contributed by atoms with Crippen LogP contribution in [0.1, 0.15) is 16.8 Å². The van der Waals surface area contributed by atoms with E-state index in [1.54, 1.807) is 12.1 Å². The van der Waals surface area contributed by atoms with E-state index >= 15 is 0 Å². The van der Waals surface area contributed by atoms with Crippen LogP contribution < -0.4 is 15.4 Å². The Kier molecular flexibility index (Phi) is 7.19. The van der Waals surface area contributed by atoms with Gasteiger partial charge in [0.2, 0.25) is 0 Å². The number of likely N-dealkylation sites (N-methyl/N-ethyl adjacent to an activating group) is 1. The molecule has 0 atom stereocenters. The van der Waals surface area contributed by atoms with Crippen LogP contribution in [0.4, 0.5) is 17.1 Å². The van der Waals surface area contributed by atoms with Gasteiger partial charge in [0.05, 0.1) is 10.5 Å². The predicted molar refractivity (Wildman–Crippen MR) is 110 cm³/mol. The number of nitrogen functional groups attached to an aromatic ring is 1. The van der Waals surface area contributed by atoms with Crippen molar-refractivity contribution >= 4 is 35.4 Å². The highest BCUT2D eigenvalue weighted by Gasteiger charge is 2.19. The third-order valence-electron chi connectivity index (χ3n) is 4.63. The molecule has 0 bridgehead atoms. The Labute approximate surface area is 169 Å². The summed E-state index contributed by atoms with van der Waals surface area (Å²) in [7, 11) is 2.11. The highest BCUT2D eigenvalue weighted by Crippen LogP contribution is 2.31. The second-order valence-corrected chi connectivity index (χ2v) is 6.53. The van der Waals surface area contributed by atoms with E-state index in [4.69, 9.17) is 10.5 Å². The molecular formula is C19H23ClN4O4. The topological polar surface area (TPSA) is 102 Å². The van der Waals surface area contributed by atoms with Crippen molar-refractivity contribution in [3.8, 4) is 5.75 Å². The van der Waals surface area contributed by atoms with E-state index in [-0.39, 0.29) is 29.5 Å². The van der Waals surface area contributed by atoms with Gasteiger partial charge in [-0.2, -0.15) is 0 Å². The quantitative estimate of drug-likeness (QED) is 0.274. The molecule has 1 aliphatic rings. The van der Waals surface area contributed by atoms with Crippen molar-refractivity contribution in [3.63, 3.8) is 0 Å². The number of carbonyl (C=O) groups is 1. The molecule has 0 amide bonds. The molecule has 1 heterocycles. The van der Waals surface area contributed by atoms with Crippen molar-refractivity contribution in [2.24, 2.45) is 0 Å². The first kappa shape index (κ1) is 21.5. The number of rotatable bonds is 4. The Hall–Kier alpha value is -2.84. The van der Waals surface area contributed by atoms with Gasteiger partial charge >= 0.3 is 5.97 Å². The summed E-state index contributed by atoms with van der Waals surface area (Å²) in [4.78, 5) is 27.3. The fourth-order valence-corrected chi connectivity index (χ4v) is 3.05. The number of halogens is 1. The van der Waals surface area contributed by atoms with Crippen LogP contribution in [0.15, 0.2) is 42.5 Å². The number of nitro benzene ring substituents is 1. The Bertz CT molecular complexity index is 844. The van der Waals surface area contributed by atoms with Gasteiger partial charge in [-0.1, -0.05) is 6.07 Å². The van der Waals surface area contributed by atoms with Gasteiger partial charge in [0.25, 0.3) is 5.69 Å². The fourth-order valence-electron chi connectivity index (χ4n) is 3.05. The van der Waals surface area contributed by atoms with Gasteiger partial charge < -0.3 is 20.3 Å². The smallest absolute Gasteiger partial charge is 0.343 e. The molecule has 0 unspecified atom stereocenters. The van der Waals surface area contributed by atoms with E-state index < -0.39 is 10.9 Å². The maximum Gasteiger partial charge on any atom is 0.343 e. The fraction of sp³-hybridized carbons (Fsp3) is 0.316. The standard InChI is InChI=1S/C19H22N4O4.ClH/c1-21-10-3-11-22(13-12-21)15-8-6-14(7-9-15)19(24)27-17-5-2-4-16(18(17)20)23(25)26;/h2,4-9H,3,10-13,20H2,1H3;1H. The Balaban J connectivity index is 0.00000280. The van der Waals surface area contributed by atoms with Gasteiger partial charge in [-0.3, -0.25) is 10.1 Å². The van der Waals surface area contributed by atoms with E-state index in [1.807, 2.05) is 12.1 Å². The minimum Gasteiger partial charge on any atom is -0.420 e. The van der Waals surface area contributed by atoms with Crippen LogP contribution in [0.25, 0.3) is 0 Å². The molecule has 0 aromatic heterocycles. The van der Waals surface area contributed by atoms with Crippen LogP contribution in [0.3, 0.4) is 0 Å². The van der Waals surface area contributed by atoms with Crippen LogP contribution in [0, 0.1) is 10.1 Å². The third-order valence-corrected chi connectivity index (χ3v) is 4.63. The number of nitro groups is 1. The molecular weight excluding hydrogens is 384 g/mol. The lowest BCUT2D eigenvalue weighted by Gasteiger charge is -2.22. The van der Waals surface area contributed by atoms with E-state index in [2.05, 4.69) is 16.8 Å². The largest absolute Gasteiger partial charge is 0.420 e. The summed E-state index contributed by atoms with van der Waals surface area (Å²) < 4.78 is 5.25. The lowest BCUT2D eigenvalue weighted by atomic mass is 10.2. The summed E-state index contributed by atoms with van der Waals surface area (Å²) in [5.74, 6) is -0.627. The lowest BCUT2D eigenvalue weighted by Crippen LogP contribution is -2.28. The second-order valence-electron chi connectivity index (χ2n) is 6.53. The number of esters is 1. The molecule has 1 fully saturated rings. The first-order chi connectivity index (χ1) is 13.0. The number of hydrogen-bond acceptors (Lipinski definition) is 7. The van der Waals surface area contributed by atoms with Crippen molar-refractivity contribution in [2.75, 3.05) is 43.9 Å². The van der Waals surface area contributed by atoms with E-state index in [0.29, 0.717) is 5.56 Å². The maximum absolute atomic E-state index is 12.4. The molecule has 1 aliphatic heterocycles. The van der Waals surface area contributed by atoms with Crippen LogP contribution in [-0.2, 0) is 0 Å². The molecule has 150 valence electrons. The summed E-state index contributed by atoms with van der Waals surface area (Å²) in [6, 6.07) is 11.3. The number of carbonyl (C=O) groups excluding carboxylic acids is 1. The molecule has 0 radical (unpaired) electrons. The lowest BCUT2D eigenvalue weighted by molar-refractivity contribution is -0.383. The first-order valence-corrected chi connectivity index (χ1v) is 8.74. The van der Waals surface area contributed by atoms with Gasteiger partial charge in [-0.25, -0.2) is 4.79 Å². The van der Waals surface area contributed by atoms with Crippen molar-refractivity contribution in [2.45, 2.75) is 6.42 Å². The SMILES string of the molecule is CN1CCCN(c2ccc(C(=O)Oc3cccc([N+](=O)[O-])c3N)cc2)CC1.Cl. The Morgan fingerprint density at radius 3 is 2.50 bits per heavy atom. The average Bonchev–Trinajstić information content (AvgIpc) is 2.88. The molecule has 2 N–H and O–H groups in total. The molecule has 0 aliphatic carbocycles.